The molecule has 2 heterocycles. The Morgan fingerprint density at radius 3 is 2.57 bits per heavy atom. The molecule has 2 aromatic heterocycles. The lowest BCUT2D eigenvalue weighted by atomic mass is 9.91. The number of halogens is 2. The highest BCUT2D eigenvalue weighted by Gasteiger charge is 2.27. The van der Waals surface area contributed by atoms with E-state index in [9.17, 15) is 14.4 Å². The van der Waals surface area contributed by atoms with Gasteiger partial charge in [0.25, 0.3) is 5.91 Å². The predicted molar refractivity (Wildman–Crippen MR) is 142 cm³/mol. The Bertz CT molecular complexity index is 1340. The predicted octanol–water partition coefficient (Wildman–Crippen LogP) is 4.29. The fraction of sp³-hybridized carbons (Fsp3) is 0.346. The van der Waals surface area contributed by atoms with Crippen molar-refractivity contribution in [2.24, 2.45) is 5.73 Å². The van der Waals surface area contributed by atoms with Crippen LogP contribution in [0.25, 0.3) is 10.9 Å². The van der Waals surface area contributed by atoms with Gasteiger partial charge in [-0.2, -0.15) is 0 Å². The van der Waals surface area contributed by atoms with Crippen LogP contribution < -0.4 is 16.4 Å². The highest BCUT2D eigenvalue weighted by atomic mass is 35.5. The summed E-state index contributed by atoms with van der Waals surface area (Å²) in [6.45, 7) is 0.111. The van der Waals surface area contributed by atoms with Crippen LogP contribution in [0.15, 0.2) is 36.5 Å². The number of ether oxygens (including phenoxy) is 1. The van der Waals surface area contributed by atoms with Crippen LogP contribution in [0.2, 0.25) is 10.0 Å². The smallest absolute Gasteiger partial charge is 0.313 e. The number of nitrogens with two attached hydrogens (primary N) is 1. The first-order valence-corrected chi connectivity index (χ1v) is 12.7. The number of hydrogen-bond donors (Lipinski definition) is 3. The van der Waals surface area contributed by atoms with Crippen LogP contribution in [-0.2, 0) is 16.1 Å². The molecule has 4 N–H and O–H groups in total. The minimum atomic E-state index is -0.701. The molecular formula is C26H27Cl2N5O4. The normalized spacial score (nSPS) is 17.3. The second-order valence-corrected chi connectivity index (χ2v) is 9.78. The topological polar surface area (TPSA) is 136 Å². The van der Waals surface area contributed by atoms with Crippen molar-refractivity contribution in [3.63, 3.8) is 0 Å². The van der Waals surface area contributed by atoms with E-state index in [4.69, 9.17) is 28.9 Å². The third-order valence-electron chi connectivity index (χ3n) is 6.35. The van der Waals surface area contributed by atoms with Crippen molar-refractivity contribution in [2.45, 2.75) is 50.7 Å². The van der Waals surface area contributed by atoms with Crippen LogP contribution in [0, 0.1) is 0 Å². The summed E-state index contributed by atoms with van der Waals surface area (Å²) in [5, 5.41) is 7.59. The molecule has 1 saturated carbocycles. The van der Waals surface area contributed by atoms with Crippen LogP contribution in [0.4, 0.5) is 5.69 Å². The third kappa shape index (κ3) is 6.36. The van der Waals surface area contributed by atoms with E-state index >= 15 is 0 Å². The summed E-state index contributed by atoms with van der Waals surface area (Å²) in [6, 6.07) is 8.55. The number of fused-ring (bicyclic) bond motifs is 1. The molecule has 0 saturated heterocycles. The molecule has 11 heteroatoms. The summed E-state index contributed by atoms with van der Waals surface area (Å²) < 4.78 is 4.65. The lowest BCUT2D eigenvalue weighted by molar-refractivity contribution is -0.139. The van der Waals surface area contributed by atoms with E-state index in [-0.39, 0.29) is 30.0 Å². The zero-order valence-electron chi connectivity index (χ0n) is 20.2. The Morgan fingerprint density at radius 2 is 1.86 bits per heavy atom. The van der Waals surface area contributed by atoms with Crippen LogP contribution >= 0.6 is 23.2 Å². The molecule has 3 aromatic rings. The van der Waals surface area contributed by atoms with Crippen LogP contribution in [-0.4, -0.2) is 46.8 Å². The highest BCUT2D eigenvalue weighted by molar-refractivity contribution is 6.35. The summed E-state index contributed by atoms with van der Waals surface area (Å²) in [5.41, 5.74) is 7.54. The number of amides is 1. The molecule has 0 spiro atoms. The minimum Gasteiger partial charge on any atom is -0.469 e. The lowest BCUT2D eigenvalue weighted by Crippen LogP contribution is -2.34. The molecular weight excluding hydrogens is 517 g/mol. The van der Waals surface area contributed by atoms with E-state index in [2.05, 4.69) is 25.3 Å². The molecule has 0 bridgehead atoms. The number of anilines is 1. The number of carbonyl (C=O) groups is 3. The zero-order valence-corrected chi connectivity index (χ0v) is 21.7. The average Bonchev–Trinajstić information content (AvgIpc) is 2.89. The Morgan fingerprint density at radius 1 is 1.11 bits per heavy atom. The van der Waals surface area contributed by atoms with Crippen LogP contribution in [0.3, 0.4) is 0 Å². The van der Waals surface area contributed by atoms with Crippen molar-refractivity contribution >= 4 is 57.5 Å². The first kappa shape index (κ1) is 26.8. The molecule has 4 rings (SSSR count). The van der Waals surface area contributed by atoms with Crippen molar-refractivity contribution in [1.29, 1.82) is 0 Å². The fourth-order valence-electron chi connectivity index (χ4n) is 4.33. The van der Waals surface area contributed by atoms with E-state index in [1.54, 1.807) is 36.5 Å². The van der Waals surface area contributed by atoms with Gasteiger partial charge in [-0.05, 0) is 55.5 Å². The molecule has 0 unspecified atom stereocenters. The van der Waals surface area contributed by atoms with Crippen molar-refractivity contribution in [1.82, 2.24) is 15.3 Å². The average molecular weight is 544 g/mol. The molecule has 9 nitrogen and oxygen atoms in total. The van der Waals surface area contributed by atoms with E-state index in [0.717, 1.165) is 25.7 Å². The number of carbonyl (C=O) groups excluding carboxylic acids is 3. The molecule has 37 heavy (non-hydrogen) atoms. The van der Waals surface area contributed by atoms with Gasteiger partial charge in [0, 0.05) is 40.3 Å². The van der Waals surface area contributed by atoms with Gasteiger partial charge in [-0.25, -0.2) is 4.98 Å². The number of methoxy groups -OCH3 is 1. The Kier molecular flexibility index (Phi) is 8.58. The van der Waals surface area contributed by atoms with Gasteiger partial charge in [0.2, 0.25) is 0 Å². The van der Waals surface area contributed by atoms with Gasteiger partial charge in [0.15, 0.2) is 11.5 Å². The van der Waals surface area contributed by atoms with E-state index in [1.165, 1.54) is 7.11 Å². The Labute approximate surface area is 224 Å². The zero-order chi connectivity index (χ0) is 26.5. The Hall–Kier alpha value is -3.27. The third-order valence-corrected chi connectivity index (χ3v) is 6.93. The number of nitrogens with one attached hydrogen (secondary N) is 2. The van der Waals surface area contributed by atoms with Gasteiger partial charge in [-0.1, -0.05) is 29.3 Å². The second-order valence-electron chi connectivity index (χ2n) is 8.93. The number of esters is 1. The summed E-state index contributed by atoms with van der Waals surface area (Å²) >= 11 is 12.2. The van der Waals surface area contributed by atoms with Gasteiger partial charge < -0.3 is 21.1 Å². The van der Waals surface area contributed by atoms with Gasteiger partial charge >= 0.3 is 5.97 Å². The molecule has 1 amide bonds. The monoisotopic (exact) mass is 543 g/mol. The molecule has 1 aliphatic rings. The molecule has 0 aliphatic heterocycles. The number of aromatic nitrogens is 2. The van der Waals surface area contributed by atoms with Gasteiger partial charge in [0.05, 0.1) is 18.3 Å². The van der Waals surface area contributed by atoms with Gasteiger partial charge in [-0.3, -0.25) is 19.4 Å². The molecule has 1 aromatic carbocycles. The quantitative estimate of drug-likeness (QED) is 0.217. The van der Waals surface area contributed by atoms with Crippen LogP contribution in [0.1, 0.15) is 58.6 Å². The first-order chi connectivity index (χ1) is 17.8. The molecule has 0 atom stereocenters. The standard InChI is InChI=1S/C26H27Cl2N5O4/c1-37-21(35)12-20(34)22-18-3-2-10-30-23(18)24(32-17-8-6-16(29)7-9-17)25(33-22)26(36)31-13-14-4-5-15(27)11-19(14)28/h2-5,10-11,16-17,32H,6-9,12-13,29H2,1H3,(H,31,36). The summed E-state index contributed by atoms with van der Waals surface area (Å²) in [4.78, 5) is 47.2. The molecule has 0 radical (unpaired) electrons. The molecule has 1 fully saturated rings. The summed E-state index contributed by atoms with van der Waals surface area (Å²) in [7, 11) is 1.20. The van der Waals surface area contributed by atoms with E-state index in [1.807, 2.05) is 0 Å². The van der Waals surface area contributed by atoms with Gasteiger partial charge in [0.1, 0.15) is 12.1 Å². The Balaban J connectivity index is 1.74. The largest absolute Gasteiger partial charge is 0.469 e. The molecule has 194 valence electrons. The van der Waals surface area contributed by atoms with Gasteiger partial charge in [-0.15, -0.1) is 0 Å². The SMILES string of the molecule is COC(=O)CC(=O)c1nc(C(=O)NCc2ccc(Cl)cc2Cl)c(NC2CCC(N)CC2)c2ncccc12. The maximum Gasteiger partial charge on any atom is 0.313 e. The van der Waals surface area contributed by atoms with Crippen molar-refractivity contribution < 1.29 is 19.1 Å². The minimum absolute atomic E-state index is 0.000580. The fourth-order valence-corrected chi connectivity index (χ4v) is 4.80. The summed E-state index contributed by atoms with van der Waals surface area (Å²) in [6.07, 6.45) is 4.40. The number of nitrogens with zero attached hydrogens (tertiary/aromatic N) is 2. The van der Waals surface area contributed by atoms with E-state index in [0.29, 0.717) is 32.2 Å². The first-order valence-electron chi connectivity index (χ1n) is 11.9. The van der Waals surface area contributed by atoms with Crippen molar-refractivity contribution in [2.75, 3.05) is 12.4 Å². The lowest BCUT2D eigenvalue weighted by Gasteiger charge is -2.28. The van der Waals surface area contributed by atoms with Crippen LogP contribution in [0.5, 0.6) is 0 Å². The maximum absolute atomic E-state index is 13.5. The number of pyridine rings is 2. The molecule has 1 aliphatic carbocycles. The number of Topliss-reactive ketones (excluding diaryl/α,β-unsaturated/α-hetero) is 1. The maximum atomic E-state index is 13.5. The number of benzene rings is 1. The summed E-state index contributed by atoms with van der Waals surface area (Å²) in [5.74, 6) is -1.80. The second kappa shape index (κ2) is 11.9. The van der Waals surface area contributed by atoms with Crippen molar-refractivity contribution in [3.05, 3.63) is 63.5 Å². The van der Waals surface area contributed by atoms with E-state index < -0.39 is 24.1 Å². The van der Waals surface area contributed by atoms with Crippen molar-refractivity contribution in [3.8, 4) is 0 Å². The number of rotatable bonds is 8. The number of hydrogen-bond acceptors (Lipinski definition) is 8. The number of ketones is 1. The highest BCUT2D eigenvalue weighted by Crippen LogP contribution is 2.31.